The Morgan fingerprint density at radius 2 is 1.88 bits per heavy atom. The molecule has 0 aliphatic heterocycles. The summed E-state index contributed by atoms with van der Waals surface area (Å²) in [6.45, 7) is 3.67. The van der Waals surface area contributed by atoms with Gasteiger partial charge in [-0.3, -0.25) is 18.4 Å². The highest BCUT2D eigenvalue weighted by Gasteiger charge is 2.25. The summed E-state index contributed by atoms with van der Waals surface area (Å²) >= 11 is 0. The molecule has 0 amide bonds. The van der Waals surface area contributed by atoms with Crippen LogP contribution in [0.3, 0.4) is 0 Å². The molecule has 0 saturated carbocycles. The van der Waals surface area contributed by atoms with Crippen molar-refractivity contribution in [1.29, 1.82) is 0 Å². The lowest BCUT2D eigenvalue weighted by atomic mass is 10.0. The molecular weight excluding hydrogens is 231 g/mol. The molecule has 0 aromatic rings. The largest absolute Gasteiger partial charge is 0.474 e. The normalized spacial score (nSPS) is 13.8. The molecule has 1 atom stereocenters. The van der Waals surface area contributed by atoms with Crippen LogP contribution >= 0.6 is 7.82 Å². The van der Waals surface area contributed by atoms with E-state index in [0.29, 0.717) is 0 Å². The average Bonchev–Trinajstić information content (AvgIpc) is 2.32. The maximum Gasteiger partial charge on any atom is 0.474 e. The quantitative estimate of drug-likeness (QED) is 0.590. The highest BCUT2D eigenvalue weighted by Crippen LogP contribution is 2.47. The highest BCUT2D eigenvalue weighted by molar-refractivity contribution is 7.48. The Morgan fingerprint density at radius 1 is 1.31 bits per heavy atom. The van der Waals surface area contributed by atoms with Crippen molar-refractivity contribution < 1.29 is 22.9 Å². The van der Waals surface area contributed by atoms with Gasteiger partial charge in [-0.25, -0.2) is 4.57 Å². The first kappa shape index (κ1) is 15.8. The number of unbranched alkanes of at least 4 members (excludes halogenated alkanes) is 1. The van der Waals surface area contributed by atoms with Crippen LogP contribution in [-0.2, 0) is 22.9 Å². The third-order valence-corrected chi connectivity index (χ3v) is 3.69. The van der Waals surface area contributed by atoms with E-state index in [9.17, 15) is 9.36 Å². The average molecular weight is 252 g/mol. The third kappa shape index (κ3) is 5.75. The smallest absolute Gasteiger partial charge is 0.297 e. The van der Waals surface area contributed by atoms with E-state index in [1.165, 1.54) is 14.2 Å². The summed E-state index contributed by atoms with van der Waals surface area (Å²) in [6, 6.07) is 0. The van der Waals surface area contributed by atoms with Crippen LogP contribution in [0.1, 0.15) is 33.1 Å². The van der Waals surface area contributed by atoms with Crippen molar-refractivity contribution in [1.82, 2.24) is 0 Å². The molecule has 0 rings (SSSR count). The fourth-order valence-corrected chi connectivity index (χ4v) is 1.78. The molecule has 0 spiro atoms. The van der Waals surface area contributed by atoms with Gasteiger partial charge >= 0.3 is 7.82 Å². The van der Waals surface area contributed by atoms with Crippen molar-refractivity contribution in [3.05, 3.63) is 0 Å². The Kier molecular flexibility index (Phi) is 7.85. The Bertz CT molecular complexity index is 246. The number of Topliss-reactive ketones (excluding diaryl/α,β-unsaturated/α-hetero) is 1. The first-order valence-electron chi connectivity index (χ1n) is 5.37. The summed E-state index contributed by atoms with van der Waals surface area (Å²) in [4.78, 5) is 11.6. The zero-order valence-electron chi connectivity index (χ0n) is 10.4. The fraction of sp³-hybridized carbons (Fsp3) is 0.900. The van der Waals surface area contributed by atoms with E-state index in [0.717, 1.165) is 19.3 Å². The fourth-order valence-electron chi connectivity index (χ4n) is 1.14. The molecule has 0 N–H and O–H groups in total. The van der Waals surface area contributed by atoms with E-state index in [-0.39, 0.29) is 18.3 Å². The van der Waals surface area contributed by atoms with Crippen molar-refractivity contribution >= 4 is 13.6 Å². The topological polar surface area (TPSA) is 61.8 Å². The van der Waals surface area contributed by atoms with Gasteiger partial charge in [0.2, 0.25) is 0 Å². The number of hydrogen-bond donors (Lipinski definition) is 0. The van der Waals surface area contributed by atoms with E-state index in [4.69, 9.17) is 4.52 Å². The Hall–Kier alpha value is -0.220. The number of ketones is 1. The first-order chi connectivity index (χ1) is 7.49. The SMILES string of the molecule is CCCC[C@H](C)C(=O)COP(=O)(OC)OC. The molecule has 0 aromatic heterocycles. The Labute approximate surface area is 97.1 Å². The predicted molar refractivity (Wildman–Crippen MR) is 61.3 cm³/mol. The molecule has 0 aliphatic rings. The summed E-state index contributed by atoms with van der Waals surface area (Å²) < 4.78 is 25.4. The number of phosphoric ester groups is 1. The van der Waals surface area contributed by atoms with E-state index in [2.05, 4.69) is 16.0 Å². The summed E-state index contributed by atoms with van der Waals surface area (Å²) in [6.07, 6.45) is 2.87. The number of hydrogen-bond acceptors (Lipinski definition) is 5. The highest BCUT2D eigenvalue weighted by atomic mass is 31.2. The van der Waals surface area contributed by atoms with E-state index in [1.807, 2.05) is 6.92 Å². The van der Waals surface area contributed by atoms with Crippen LogP contribution in [0.15, 0.2) is 0 Å². The van der Waals surface area contributed by atoms with Gasteiger partial charge in [-0.2, -0.15) is 0 Å². The molecule has 0 unspecified atom stereocenters. The molecule has 0 aliphatic carbocycles. The van der Waals surface area contributed by atoms with Gasteiger partial charge in [0.25, 0.3) is 0 Å². The monoisotopic (exact) mass is 252 g/mol. The van der Waals surface area contributed by atoms with E-state index in [1.54, 1.807) is 0 Å². The second kappa shape index (κ2) is 7.96. The zero-order chi connectivity index (χ0) is 12.6. The molecule has 0 bridgehead atoms. The van der Waals surface area contributed by atoms with Crippen LogP contribution in [0, 0.1) is 5.92 Å². The van der Waals surface area contributed by atoms with Crippen molar-refractivity contribution in [2.24, 2.45) is 5.92 Å². The van der Waals surface area contributed by atoms with Gasteiger partial charge in [0.1, 0.15) is 6.61 Å². The van der Waals surface area contributed by atoms with Gasteiger partial charge in [-0.15, -0.1) is 0 Å². The van der Waals surface area contributed by atoms with Gasteiger partial charge < -0.3 is 0 Å². The van der Waals surface area contributed by atoms with Crippen LogP contribution in [0.25, 0.3) is 0 Å². The first-order valence-corrected chi connectivity index (χ1v) is 6.84. The van der Waals surface area contributed by atoms with Crippen molar-refractivity contribution in [3.8, 4) is 0 Å². The number of phosphoric acid groups is 1. The van der Waals surface area contributed by atoms with Crippen LogP contribution in [-0.4, -0.2) is 26.6 Å². The minimum atomic E-state index is -3.52. The summed E-state index contributed by atoms with van der Waals surface area (Å²) in [7, 11) is -1.09. The standard InChI is InChI=1S/C10H21O5P/c1-5-6-7-9(2)10(11)8-15-16(12,13-3)14-4/h9H,5-8H2,1-4H3/t9-/m0/s1. The van der Waals surface area contributed by atoms with Gasteiger partial charge in [0.05, 0.1) is 0 Å². The van der Waals surface area contributed by atoms with Crippen LogP contribution < -0.4 is 0 Å². The maximum absolute atomic E-state index is 11.6. The minimum absolute atomic E-state index is 0.0808. The van der Waals surface area contributed by atoms with Crippen LogP contribution in [0.5, 0.6) is 0 Å². The minimum Gasteiger partial charge on any atom is -0.297 e. The number of carbonyl (C=O) groups is 1. The van der Waals surface area contributed by atoms with E-state index < -0.39 is 7.82 Å². The molecule has 0 aromatic carbocycles. The second-order valence-corrected chi connectivity index (χ2v) is 5.48. The summed E-state index contributed by atoms with van der Waals surface area (Å²) in [5.74, 6) is -0.162. The summed E-state index contributed by atoms with van der Waals surface area (Å²) in [5.41, 5.74) is 0. The maximum atomic E-state index is 11.6. The Balaban J connectivity index is 4.01. The lowest BCUT2D eigenvalue weighted by molar-refractivity contribution is -0.125. The third-order valence-electron chi connectivity index (χ3n) is 2.35. The van der Waals surface area contributed by atoms with Gasteiger partial charge in [-0.1, -0.05) is 26.7 Å². The second-order valence-electron chi connectivity index (χ2n) is 3.60. The van der Waals surface area contributed by atoms with Crippen molar-refractivity contribution in [2.75, 3.05) is 20.8 Å². The molecule has 5 nitrogen and oxygen atoms in total. The van der Waals surface area contributed by atoms with E-state index >= 15 is 0 Å². The summed E-state index contributed by atoms with van der Waals surface area (Å²) in [5, 5.41) is 0. The van der Waals surface area contributed by atoms with Crippen molar-refractivity contribution in [2.45, 2.75) is 33.1 Å². The molecule has 0 saturated heterocycles. The molecule has 0 heterocycles. The molecule has 96 valence electrons. The molecule has 16 heavy (non-hydrogen) atoms. The zero-order valence-corrected chi connectivity index (χ0v) is 11.3. The molecule has 0 fully saturated rings. The van der Waals surface area contributed by atoms with Crippen LogP contribution in [0.4, 0.5) is 0 Å². The molecule has 6 heteroatoms. The van der Waals surface area contributed by atoms with Gasteiger partial charge in [-0.05, 0) is 6.42 Å². The number of rotatable bonds is 9. The lowest BCUT2D eigenvalue weighted by Gasteiger charge is -2.14. The number of carbonyl (C=O) groups excluding carboxylic acids is 1. The molecular formula is C10H21O5P. The van der Waals surface area contributed by atoms with Gasteiger partial charge in [0, 0.05) is 20.1 Å². The molecule has 0 radical (unpaired) electrons. The van der Waals surface area contributed by atoms with Crippen LogP contribution in [0.2, 0.25) is 0 Å². The lowest BCUT2D eigenvalue weighted by Crippen LogP contribution is -2.17. The van der Waals surface area contributed by atoms with Crippen molar-refractivity contribution in [3.63, 3.8) is 0 Å². The predicted octanol–water partition coefficient (Wildman–Crippen LogP) is 2.80. The van der Waals surface area contributed by atoms with Gasteiger partial charge in [0.15, 0.2) is 5.78 Å². The Morgan fingerprint density at radius 3 is 2.31 bits per heavy atom.